The molecule has 0 fully saturated rings. The number of nitrogens with zero attached hydrogens (tertiary/aromatic N) is 3. The normalized spacial score (nSPS) is 11.6. The lowest BCUT2D eigenvalue weighted by atomic mass is 9.96. The van der Waals surface area contributed by atoms with Crippen LogP contribution in [-0.4, -0.2) is 21.0 Å². The van der Waals surface area contributed by atoms with Gasteiger partial charge in [-0.15, -0.1) is 0 Å². The Labute approximate surface area is 131 Å². The average molecular weight is 329 g/mol. The monoisotopic (exact) mass is 328 g/mol. The number of aryl methyl sites for hydroxylation is 1. The van der Waals surface area contributed by atoms with Crippen LogP contribution in [0.3, 0.4) is 0 Å². The molecule has 21 heavy (non-hydrogen) atoms. The number of carbonyl (C=O) groups is 1. The molecule has 0 aliphatic rings. The molecule has 0 bridgehead atoms. The molecule has 0 saturated carbocycles. The summed E-state index contributed by atoms with van der Waals surface area (Å²) in [5, 5.41) is 7.15. The van der Waals surface area contributed by atoms with Gasteiger partial charge in [0, 0.05) is 18.3 Å². The number of rotatable bonds is 5. The Bertz CT molecular complexity index is 618. The second-order valence-electron chi connectivity index (χ2n) is 5.63. The van der Waals surface area contributed by atoms with Gasteiger partial charge in [0.25, 0.3) is 0 Å². The summed E-state index contributed by atoms with van der Waals surface area (Å²) in [7, 11) is 0. The van der Waals surface area contributed by atoms with E-state index in [4.69, 9.17) is 16.1 Å². The fraction of sp³-hybridized carbons (Fsp3) is 0.538. The number of carbonyl (C=O) groups excluding carboxylic acids is 1. The SMILES string of the molecule is CC(C)(C)c1noc(CCCC(=O)Nc2ncc(Cl)s2)n1. The number of anilines is 1. The minimum Gasteiger partial charge on any atom is -0.339 e. The van der Waals surface area contributed by atoms with Crippen molar-refractivity contribution >= 4 is 34.0 Å². The van der Waals surface area contributed by atoms with Crippen molar-refractivity contribution in [2.24, 2.45) is 0 Å². The van der Waals surface area contributed by atoms with Crippen molar-refractivity contribution in [2.45, 2.75) is 45.4 Å². The molecule has 2 aromatic heterocycles. The molecule has 0 spiro atoms. The van der Waals surface area contributed by atoms with Gasteiger partial charge in [0.15, 0.2) is 11.0 Å². The summed E-state index contributed by atoms with van der Waals surface area (Å²) in [4.78, 5) is 20.0. The smallest absolute Gasteiger partial charge is 0.226 e. The number of aromatic nitrogens is 3. The zero-order chi connectivity index (χ0) is 15.5. The van der Waals surface area contributed by atoms with E-state index in [1.54, 1.807) is 0 Å². The Morgan fingerprint density at radius 2 is 2.24 bits per heavy atom. The van der Waals surface area contributed by atoms with Crippen LogP contribution in [0, 0.1) is 0 Å². The highest BCUT2D eigenvalue weighted by Gasteiger charge is 2.20. The summed E-state index contributed by atoms with van der Waals surface area (Å²) in [5.74, 6) is 1.14. The highest BCUT2D eigenvalue weighted by Crippen LogP contribution is 2.23. The quantitative estimate of drug-likeness (QED) is 0.909. The van der Waals surface area contributed by atoms with Gasteiger partial charge in [0.1, 0.15) is 4.34 Å². The first kappa shape index (κ1) is 15.9. The van der Waals surface area contributed by atoms with Gasteiger partial charge in [-0.05, 0) is 6.42 Å². The van der Waals surface area contributed by atoms with Gasteiger partial charge in [-0.25, -0.2) is 4.98 Å². The fourth-order valence-corrected chi connectivity index (χ4v) is 2.38. The third kappa shape index (κ3) is 4.78. The number of halogens is 1. The maximum atomic E-state index is 11.7. The number of nitrogens with one attached hydrogen (secondary N) is 1. The van der Waals surface area contributed by atoms with Crippen molar-refractivity contribution in [1.29, 1.82) is 0 Å². The molecule has 0 aliphatic heterocycles. The Morgan fingerprint density at radius 1 is 1.48 bits per heavy atom. The number of hydrogen-bond donors (Lipinski definition) is 1. The van der Waals surface area contributed by atoms with Crippen LogP contribution < -0.4 is 5.32 Å². The first-order valence-corrected chi connectivity index (χ1v) is 7.78. The molecular formula is C13H17ClN4O2S. The van der Waals surface area contributed by atoms with E-state index >= 15 is 0 Å². The van der Waals surface area contributed by atoms with Crippen LogP contribution in [-0.2, 0) is 16.6 Å². The van der Waals surface area contributed by atoms with Crippen LogP contribution in [0.15, 0.2) is 10.7 Å². The van der Waals surface area contributed by atoms with Gasteiger partial charge >= 0.3 is 0 Å². The van der Waals surface area contributed by atoms with Gasteiger partial charge in [-0.3, -0.25) is 4.79 Å². The van der Waals surface area contributed by atoms with E-state index < -0.39 is 0 Å². The van der Waals surface area contributed by atoms with Crippen molar-refractivity contribution in [1.82, 2.24) is 15.1 Å². The second-order valence-corrected chi connectivity index (χ2v) is 7.29. The van der Waals surface area contributed by atoms with Crippen LogP contribution in [0.25, 0.3) is 0 Å². The van der Waals surface area contributed by atoms with Crippen LogP contribution in [0.5, 0.6) is 0 Å². The topological polar surface area (TPSA) is 80.9 Å². The molecule has 0 unspecified atom stereocenters. The van der Waals surface area contributed by atoms with E-state index in [0.717, 1.165) is 0 Å². The summed E-state index contributed by atoms with van der Waals surface area (Å²) < 4.78 is 5.72. The minimum atomic E-state index is -0.136. The summed E-state index contributed by atoms with van der Waals surface area (Å²) in [6, 6.07) is 0. The zero-order valence-corrected chi connectivity index (χ0v) is 13.7. The molecule has 0 atom stereocenters. The standard InChI is InChI=1S/C13H17ClN4O2S/c1-13(2,3)11-17-10(20-18-11)6-4-5-9(19)16-12-15-7-8(14)21-12/h7H,4-6H2,1-3H3,(H,15,16,19). The highest BCUT2D eigenvalue weighted by molar-refractivity contribution is 7.19. The van der Waals surface area contributed by atoms with E-state index in [9.17, 15) is 4.79 Å². The third-order valence-corrected chi connectivity index (χ3v) is 3.69. The molecule has 0 saturated heterocycles. The van der Waals surface area contributed by atoms with Crippen LogP contribution in [0.2, 0.25) is 4.34 Å². The first-order chi connectivity index (χ1) is 9.84. The summed E-state index contributed by atoms with van der Waals surface area (Å²) in [6.07, 6.45) is 3.09. The molecule has 6 nitrogen and oxygen atoms in total. The Hall–Kier alpha value is -1.47. The number of hydrogen-bond acceptors (Lipinski definition) is 6. The summed E-state index contributed by atoms with van der Waals surface area (Å²) in [6.45, 7) is 6.07. The Morgan fingerprint density at radius 3 is 2.81 bits per heavy atom. The van der Waals surface area contributed by atoms with Crippen LogP contribution in [0.4, 0.5) is 5.13 Å². The zero-order valence-electron chi connectivity index (χ0n) is 12.1. The molecule has 8 heteroatoms. The van der Waals surface area contributed by atoms with Gasteiger partial charge in [-0.1, -0.05) is 48.9 Å². The van der Waals surface area contributed by atoms with Crippen molar-refractivity contribution in [3.8, 4) is 0 Å². The average Bonchev–Trinajstić information content (AvgIpc) is 2.98. The lowest BCUT2D eigenvalue weighted by Crippen LogP contribution is -2.13. The van der Waals surface area contributed by atoms with E-state index in [1.165, 1.54) is 17.5 Å². The van der Waals surface area contributed by atoms with Crippen LogP contribution >= 0.6 is 22.9 Å². The molecule has 2 heterocycles. The van der Waals surface area contributed by atoms with Crippen LogP contribution in [0.1, 0.15) is 45.3 Å². The molecule has 0 aromatic carbocycles. The van der Waals surface area contributed by atoms with Gasteiger partial charge < -0.3 is 9.84 Å². The molecule has 2 rings (SSSR count). The van der Waals surface area contributed by atoms with Gasteiger partial charge in [0.2, 0.25) is 11.8 Å². The lowest BCUT2D eigenvalue weighted by Gasteiger charge is -2.10. The first-order valence-electron chi connectivity index (χ1n) is 6.59. The maximum absolute atomic E-state index is 11.7. The van der Waals surface area contributed by atoms with Gasteiger partial charge in [0.05, 0.1) is 6.20 Å². The lowest BCUT2D eigenvalue weighted by molar-refractivity contribution is -0.116. The molecule has 1 amide bonds. The molecule has 0 radical (unpaired) electrons. The Kier molecular flexibility index (Phi) is 4.95. The molecule has 0 aliphatic carbocycles. The van der Waals surface area contributed by atoms with Gasteiger partial charge in [-0.2, -0.15) is 4.98 Å². The molecule has 1 N–H and O–H groups in total. The van der Waals surface area contributed by atoms with E-state index in [1.807, 2.05) is 20.8 Å². The third-order valence-electron chi connectivity index (χ3n) is 2.66. The maximum Gasteiger partial charge on any atom is 0.226 e. The van der Waals surface area contributed by atoms with Crippen molar-refractivity contribution in [3.05, 3.63) is 22.2 Å². The minimum absolute atomic E-state index is 0.100. The van der Waals surface area contributed by atoms with Crippen molar-refractivity contribution < 1.29 is 9.32 Å². The summed E-state index contributed by atoms with van der Waals surface area (Å²) in [5.41, 5.74) is -0.136. The number of amides is 1. The van der Waals surface area contributed by atoms with E-state index in [2.05, 4.69) is 20.4 Å². The Balaban J connectivity index is 1.76. The fourth-order valence-electron chi connectivity index (χ4n) is 1.56. The molecule has 114 valence electrons. The predicted molar refractivity (Wildman–Crippen MR) is 81.7 cm³/mol. The van der Waals surface area contributed by atoms with Crippen molar-refractivity contribution in [2.75, 3.05) is 5.32 Å². The number of thiazole rings is 1. The van der Waals surface area contributed by atoms with Crippen molar-refractivity contribution in [3.63, 3.8) is 0 Å². The second kappa shape index (κ2) is 6.53. The summed E-state index contributed by atoms with van der Waals surface area (Å²) >= 11 is 6.98. The highest BCUT2D eigenvalue weighted by atomic mass is 35.5. The molecular weight excluding hydrogens is 312 g/mol. The largest absolute Gasteiger partial charge is 0.339 e. The van der Waals surface area contributed by atoms with E-state index in [-0.39, 0.29) is 11.3 Å². The van der Waals surface area contributed by atoms with E-state index in [0.29, 0.717) is 40.4 Å². The predicted octanol–water partition coefficient (Wildman–Crippen LogP) is 3.44. The molecule has 2 aromatic rings.